The van der Waals surface area contributed by atoms with Crippen molar-refractivity contribution in [3.05, 3.63) is 35.8 Å². The van der Waals surface area contributed by atoms with E-state index in [0.717, 1.165) is 6.07 Å². The zero-order chi connectivity index (χ0) is 11.1. The molecule has 1 aromatic carbocycles. The van der Waals surface area contributed by atoms with Crippen LogP contribution in [0.4, 0.5) is 13.2 Å². The summed E-state index contributed by atoms with van der Waals surface area (Å²) in [5.74, 6) is 0. The van der Waals surface area contributed by atoms with Crippen molar-refractivity contribution < 1.29 is 13.2 Å². The van der Waals surface area contributed by atoms with Crippen molar-refractivity contribution in [2.45, 2.75) is 13.1 Å². The molecule has 78 valence electrons. The lowest BCUT2D eigenvalue weighted by Crippen LogP contribution is -2.07. The molecule has 5 heteroatoms. The summed E-state index contributed by atoms with van der Waals surface area (Å²) in [5, 5.41) is 0.0764. The summed E-state index contributed by atoms with van der Waals surface area (Å²) in [4.78, 5) is 7.58. The second kappa shape index (κ2) is 3.18. The van der Waals surface area contributed by atoms with E-state index >= 15 is 0 Å². The maximum atomic E-state index is 12.6. The lowest BCUT2D eigenvalue weighted by molar-refractivity contribution is -0.136. The van der Waals surface area contributed by atoms with E-state index < -0.39 is 11.7 Å². The first-order valence-electron chi connectivity index (χ1n) is 4.27. The molecule has 0 N–H and O–H groups in total. The van der Waals surface area contributed by atoms with Crippen LogP contribution in [0.1, 0.15) is 11.3 Å². The standard InChI is InChI=1S/C10H7F3N2/c1-6-9-7(10(11,12)13)3-2-4-8(9)15-5-14-6/h2-5H,1H3. The van der Waals surface area contributed by atoms with Crippen molar-refractivity contribution in [3.8, 4) is 0 Å². The van der Waals surface area contributed by atoms with Crippen LogP contribution < -0.4 is 0 Å². The Bertz CT molecular complexity index is 500. The Labute approximate surface area is 83.8 Å². The summed E-state index contributed by atoms with van der Waals surface area (Å²) in [5.41, 5.74) is -0.0247. The molecule has 1 heterocycles. The third-order valence-electron chi connectivity index (χ3n) is 2.16. The number of benzene rings is 1. The number of hydrogen-bond acceptors (Lipinski definition) is 2. The van der Waals surface area contributed by atoms with Gasteiger partial charge in [0, 0.05) is 11.1 Å². The minimum Gasteiger partial charge on any atom is -0.241 e. The molecule has 15 heavy (non-hydrogen) atoms. The highest BCUT2D eigenvalue weighted by atomic mass is 19.4. The molecule has 0 aliphatic carbocycles. The molecule has 0 saturated heterocycles. The first kappa shape index (κ1) is 9.89. The van der Waals surface area contributed by atoms with Crippen LogP contribution in [0.25, 0.3) is 10.9 Å². The largest absolute Gasteiger partial charge is 0.417 e. The molecule has 2 nitrogen and oxygen atoms in total. The van der Waals surface area contributed by atoms with Crippen LogP contribution in [-0.4, -0.2) is 9.97 Å². The zero-order valence-electron chi connectivity index (χ0n) is 7.84. The Morgan fingerprint density at radius 1 is 1.13 bits per heavy atom. The third kappa shape index (κ3) is 1.65. The lowest BCUT2D eigenvalue weighted by Gasteiger charge is -2.10. The van der Waals surface area contributed by atoms with Crippen LogP contribution in [0, 0.1) is 6.92 Å². The molecule has 0 saturated carbocycles. The van der Waals surface area contributed by atoms with Gasteiger partial charge in [-0.15, -0.1) is 0 Å². The van der Waals surface area contributed by atoms with E-state index in [1.165, 1.54) is 12.4 Å². The van der Waals surface area contributed by atoms with Gasteiger partial charge in [-0.1, -0.05) is 6.07 Å². The molecular weight excluding hydrogens is 205 g/mol. The maximum Gasteiger partial charge on any atom is 0.417 e. The van der Waals surface area contributed by atoms with E-state index in [4.69, 9.17) is 0 Å². The van der Waals surface area contributed by atoms with Crippen molar-refractivity contribution in [3.63, 3.8) is 0 Å². The van der Waals surface area contributed by atoms with Gasteiger partial charge < -0.3 is 0 Å². The van der Waals surface area contributed by atoms with Gasteiger partial charge in [-0.3, -0.25) is 0 Å². The van der Waals surface area contributed by atoms with E-state index in [9.17, 15) is 13.2 Å². The summed E-state index contributed by atoms with van der Waals surface area (Å²) in [6.07, 6.45) is -3.10. The Kier molecular flexibility index (Phi) is 2.10. The summed E-state index contributed by atoms with van der Waals surface area (Å²) in [6.45, 7) is 1.54. The van der Waals surface area contributed by atoms with Crippen LogP contribution >= 0.6 is 0 Å². The number of hydrogen-bond donors (Lipinski definition) is 0. The van der Waals surface area contributed by atoms with Gasteiger partial charge in [-0.2, -0.15) is 13.2 Å². The second-order valence-electron chi connectivity index (χ2n) is 3.16. The fraction of sp³-hybridized carbons (Fsp3) is 0.200. The highest BCUT2D eigenvalue weighted by Crippen LogP contribution is 2.34. The molecule has 0 fully saturated rings. The Morgan fingerprint density at radius 2 is 1.87 bits per heavy atom. The minimum atomic E-state index is -4.37. The molecule has 0 radical (unpaired) electrons. The van der Waals surface area contributed by atoms with Gasteiger partial charge in [0.15, 0.2) is 0 Å². The van der Waals surface area contributed by atoms with Gasteiger partial charge in [-0.25, -0.2) is 9.97 Å². The molecule has 0 aliphatic rings. The number of rotatable bonds is 0. The fourth-order valence-electron chi connectivity index (χ4n) is 1.51. The second-order valence-corrected chi connectivity index (χ2v) is 3.16. The van der Waals surface area contributed by atoms with Crippen molar-refractivity contribution in [1.29, 1.82) is 0 Å². The summed E-state index contributed by atoms with van der Waals surface area (Å²) < 4.78 is 37.9. The number of fused-ring (bicyclic) bond motifs is 1. The van der Waals surface area contributed by atoms with Gasteiger partial charge >= 0.3 is 6.18 Å². The number of nitrogens with zero attached hydrogens (tertiary/aromatic N) is 2. The van der Waals surface area contributed by atoms with E-state index in [1.54, 1.807) is 13.0 Å². The molecular formula is C10H7F3N2. The zero-order valence-corrected chi connectivity index (χ0v) is 7.84. The molecule has 0 amide bonds. The average Bonchev–Trinajstić information content (AvgIpc) is 2.16. The molecule has 1 aromatic heterocycles. The van der Waals surface area contributed by atoms with E-state index in [1.807, 2.05) is 0 Å². The van der Waals surface area contributed by atoms with E-state index in [-0.39, 0.29) is 5.39 Å². The smallest absolute Gasteiger partial charge is 0.241 e. The Morgan fingerprint density at radius 3 is 2.53 bits per heavy atom. The average molecular weight is 212 g/mol. The van der Waals surface area contributed by atoms with Crippen LogP contribution in [0.5, 0.6) is 0 Å². The van der Waals surface area contributed by atoms with Crippen LogP contribution in [0.3, 0.4) is 0 Å². The quantitative estimate of drug-likeness (QED) is 0.670. The molecule has 0 unspecified atom stereocenters. The first-order chi connectivity index (χ1) is 7.00. The highest BCUT2D eigenvalue weighted by molar-refractivity contribution is 5.84. The van der Waals surface area contributed by atoms with E-state index in [0.29, 0.717) is 11.2 Å². The predicted octanol–water partition coefficient (Wildman–Crippen LogP) is 2.96. The molecule has 0 bridgehead atoms. The molecule has 0 aliphatic heterocycles. The first-order valence-corrected chi connectivity index (χ1v) is 4.27. The SMILES string of the molecule is Cc1ncnc2cccc(C(F)(F)F)c12. The fourth-order valence-corrected chi connectivity index (χ4v) is 1.51. The summed E-state index contributed by atoms with van der Waals surface area (Å²) in [7, 11) is 0. The molecule has 2 aromatic rings. The van der Waals surface area contributed by atoms with Crippen molar-refractivity contribution >= 4 is 10.9 Å². The topological polar surface area (TPSA) is 25.8 Å². The predicted molar refractivity (Wildman–Crippen MR) is 49.3 cm³/mol. The number of alkyl halides is 3. The van der Waals surface area contributed by atoms with Crippen LogP contribution in [0.2, 0.25) is 0 Å². The summed E-state index contributed by atoms with van der Waals surface area (Å²) >= 11 is 0. The monoisotopic (exact) mass is 212 g/mol. The lowest BCUT2D eigenvalue weighted by atomic mass is 10.1. The normalized spacial score (nSPS) is 12.0. The van der Waals surface area contributed by atoms with Crippen LogP contribution in [0.15, 0.2) is 24.5 Å². The van der Waals surface area contributed by atoms with Crippen molar-refractivity contribution in [2.75, 3.05) is 0 Å². The van der Waals surface area contributed by atoms with Crippen molar-refractivity contribution in [1.82, 2.24) is 9.97 Å². The highest BCUT2D eigenvalue weighted by Gasteiger charge is 2.33. The van der Waals surface area contributed by atoms with Crippen LogP contribution in [-0.2, 0) is 6.18 Å². The van der Waals surface area contributed by atoms with Gasteiger partial charge in [0.2, 0.25) is 0 Å². The molecule has 0 spiro atoms. The number of aromatic nitrogens is 2. The van der Waals surface area contributed by atoms with E-state index in [2.05, 4.69) is 9.97 Å². The Hall–Kier alpha value is -1.65. The van der Waals surface area contributed by atoms with Crippen molar-refractivity contribution in [2.24, 2.45) is 0 Å². The van der Waals surface area contributed by atoms with Gasteiger partial charge in [0.1, 0.15) is 6.33 Å². The minimum absolute atomic E-state index is 0.0764. The van der Waals surface area contributed by atoms with Gasteiger partial charge in [0.05, 0.1) is 11.1 Å². The maximum absolute atomic E-state index is 12.6. The van der Waals surface area contributed by atoms with Gasteiger partial charge in [0.25, 0.3) is 0 Å². The summed E-state index contributed by atoms with van der Waals surface area (Å²) in [6, 6.07) is 3.93. The molecule has 0 atom stereocenters. The number of halogens is 3. The third-order valence-corrected chi connectivity index (χ3v) is 2.16. The van der Waals surface area contributed by atoms with Gasteiger partial charge in [-0.05, 0) is 19.1 Å². The molecule has 2 rings (SSSR count). The Balaban J connectivity index is 2.86. The number of aryl methyl sites for hydroxylation is 1.